The van der Waals surface area contributed by atoms with Gasteiger partial charge in [-0.25, -0.2) is 4.79 Å². The number of nitrogens with two attached hydrogens (primary N) is 3. The van der Waals surface area contributed by atoms with Gasteiger partial charge in [-0.15, -0.1) is 0 Å². The maximum Gasteiger partial charge on any atom is 0.326 e. The Labute approximate surface area is 217 Å². The van der Waals surface area contributed by atoms with Crippen LogP contribution in [0.3, 0.4) is 0 Å². The van der Waals surface area contributed by atoms with Crippen LogP contribution in [0.1, 0.15) is 24.8 Å². The smallest absolute Gasteiger partial charge is 0.326 e. The van der Waals surface area contributed by atoms with Crippen molar-refractivity contribution in [2.75, 3.05) is 13.1 Å². The van der Waals surface area contributed by atoms with E-state index in [1.165, 1.54) is 0 Å². The van der Waals surface area contributed by atoms with E-state index in [-0.39, 0.29) is 31.8 Å². The quantitative estimate of drug-likeness (QED) is 0.0674. The van der Waals surface area contributed by atoms with Crippen molar-refractivity contribution in [2.24, 2.45) is 22.2 Å². The molecule has 1 aromatic heterocycles. The number of fused-ring (bicyclic) bond motifs is 1. The first-order valence-electron chi connectivity index (χ1n) is 11.7. The molecule has 15 heteroatoms. The van der Waals surface area contributed by atoms with E-state index in [0.717, 1.165) is 16.5 Å². The third-order valence-electron chi connectivity index (χ3n) is 5.47. The second-order valence-electron chi connectivity index (χ2n) is 8.45. The number of guanidine groups is 1. The van der Waals surface area contributed by atoms with Crippen molar-refractivity contribution in [3.8, 4) is 0 Å². The Bertz CT molecular complexity index is 1190. The lowest BCUT2D eigenvalue weighted by Gasteiger charge is -2.20. The molecule has 1 aromatic carbocycles. The van der Waals surface area contributed by atoms with Crippen molar-refractivity contribution in [3.63, 3.8) is 0 Å². The summed E-state index contributed by atoms with van der Waals surface area (Å²) in [6, 6.07) is 3.54. The van der Waals surface area contributed by atoms with Gasteiger partial charge in [-0.1, -0.05) is 18.2 Å². The topological polar surface area (TPSA) is 268 Å². The number of H-pyrrole nitrogens is 1. The Hall–Kier alpha value is -4.66. The molecule has 0 spiro atoms. The average Bonchev–Trinajstić information content (AvgIpc) is 3.26. The van der Waals surface area contributed by atoms with Gasteiger partial charge in [-0.05, 0) is 30.9 Å². The summed E-state index contributed by atoms with van der Waals surface area (Å²) in [5.41, 5.74) is 18.0. The first kappa shape index (κ1) is 29.6. The number of aromatic amines is 1. The highest BCUT2D eigenvalue weighted by molar-refractivity contribution is 5.94. The number of carboxylic acid groups (broad SMARTS) is 2. The van der Waals surface area contributed by atoms with Crippen molar-refractivity contribution < 1.29 is 34.2 Å². The maximum absolute atomic E-state index is 12.6. The number of hydrogen-bond acceptors (Lipinski definition) is 7. The van der Waals surface area contributed by atoms with Crippen LogP contribution in [0.2, 0.25) is 0 Å². The molecule has 0 aliphatic rings. The molecule has 0 radical (unpaired) electrons. The van der Waals surface area contributed by atoms with Crippen LogP contribution in [0.4, 0.5) is 0 Å². The van der Waals surface area contributed by atoms with Gasteiger partial charge in [0.25, 0.3) is 0 Å². The number of nitrogens with zero attached hydrogens (tertiary/aromatic N) is 1. The van der Waals surface area contributed by atoms with E-state index < -0.39 is 60.8 Å². The van der Waals surface area contributed by atoms with Crippen LogP contribution in [0, 0.1) is 0 Å². The van der Waals surface area contributed by atoms with Gasteiger partial charge in [-0.3, -0.25) is 24.2 Å². The van der Waals surface area contributed by atoms with Crippen LogP contribution < -0.4 is 33.2 Å². The molecule has 15 nitrogen and oxygen atoms in total. The van der Waals surface area contributed by atoms with E-state index in [2.05, 4.69) is 25.9 Å². The van der Waals surface area contributed by atoms with Gasteiger partial charge in [0.15, 0.2) is 5.96 Å². The second kappa shape index (κ2) is 14.2. The number of rotatable bonds is 15. The van der Waals surface area contributed by atoms with Crippen molar-refractivity contribution in [2.45, 2.75) is 43.8 Å². The standard InChI is InChI=1S/C23H32N8O7/c24-14(8-12-10-28-15-5-2-1-4-13(12)15)20(35)31-17(9-19(33)34)21(36)29-11-18(32)30-16(22(37)38)6-3-7-27-23(25)26/h1-2,4-5,10,14,16-17,28H,3,6-9,11,24H2,(H,29,36)(H,30,32)(H,31,35)(H,33,34)(H,37,38)(H4,25,26,27). The molecule has 0 aliphatic carbocycles. The van der Waals surface area contributed by atoms with Crippen molar-refractivity contribution in [3.05, 3.63) is 36.0 Å². The molecule has 38 heavy (non-hydrogen) atoms. The first-order chi connectivity index (χ1) is 18.0. The Morgan fingerprint density at radius 2 is 1.71 bits per heavy atom. The van der Waals surface area contributed by atoms with Crippen molar-refractivity contribution in [1.82, 2.24) is 20.9 Å². The van der Waals surface area contributed by atoms with Gasteiger partial charge in [-0.2, -0.15) is 0 Å². The number of aliphatic imine (C=N–C) groups is 1. The Morgan fingerprint density at radius 3 is 2.37 bits per heavy atom. The van der Waals surface area contributed by atoms with Gasteiger partial charge >= 0.3 is 11.9 Å². The molecule has 0 fully saturated rings. The SMILES string of the molecule is NC(N)=NCCCC(NC(=O)CNC(=O)C(CC(=O)O)NC(=O)C(N)Cc1c[nH]c2ccccc12)C(=O)O. The molecule has 12 N–H and O–H groups in total. The van der Waals surface area contributed by atoms with Crippen LogP contribution in [0.15, 0.2) is 35.5 Å². The zero-order valence-corrected chi connectivity index (χ0v) is 20.5. The van der Waals surface area contributed by atoms with Gasteiger partial charge in [0, 0.05) is 23.6 Å². The minimum absolute atomic E-state index is 0.0256. The first-order valence-corrected chi connectivity index (χ1v) is 11.7. The van der Waals surface area contributed by atoms with Crippen molar-refractivity contribution in [1.29, 1.82) is 0 Å². The van der Waals surface area contributed by atoms with E-state index in [9.17, 15) is 29.1 Å². The number of amides is 3. The van der Waals surface area contributed by atoms with E-state index in [0.29, 0.717) is 0 Å². The molecule has 2 aromatic rings. The molecular weight excluding hydrogens is 500 g/mol. The van der Waals surface area contributed by atoms with Crippen LogP contribution in [0.5, 0.6) is 0 Å². The average molecular weight is 533 g/mol. The minimum atomic E-state index is -1.52. The number of benzene rings is 1. The molecule has 206 valence electrons. The summed E-state index contributed by atoms with van der Waals surface area (Å²) in [5.74, 6) is -5.35. The normalized spacial score (nSPS) is 13.1. The van der Waals surface area contributed by atoms with Gasteiger partial charge in [0.2, 0.25) is 17.7 Å². The fourth-order valence-corrected chi connectivity index (χ4v) is 3.59. The molecule has 3 atom stereocenters. The maximum atomic E-state index is 12.6. The Balaban J connectivity index is 1.92. The van der Waals surface area contributed by atoms with E-state index in [4.69, 9.17) is 22.3 Å². The summed E-state index contributed by atoms with van der Waals surface area (Å²) in [4.78, 5) is 66.8. The minimum Gasteiger partial charge on any atom is -0.481 e. The van der Waals surface area contributed by atoms with Gasteiger partial charge in [0.05, 0.1) is 19.0 Å². The lowest BCUT2D eigenvalue weighted by atomic mass is 10.0. The molecule has 0 aliphatic heterocycles. The zero-order chi connectivity index (χ0) is 28.2. The number of para-hydroxylation sites is 1. The summed E-state index contributed by atoms with van der Waals surface area (Å²) in [6.45, 7) is -0.484. The summed E-state index contributed by atoms with van der Waals surface area (Å²) >= 11 is 0. The van der Waals surface area contributed by atoms with E-state index in [1.807, 2.05) is 24.3 Å². The summed E-state index contributed by atoms with van der Waals surface area (Å²) in [7, 11) is 0. The van der Waals surface area contributed by atoms with Crippen LogP contribution in [-0.4, -0.2) is 82.0 Å². The molecule has 3 unspecified atom stereocenters. The zero-order valence-electron chi connectivity index (χ0n) is 20.5. The van der Waals surface area contributed by atoms with Crippen LogP contribution in [-0.2, 0) is 30.4 Å². The molecule has 0 bridgehead atoms. The summed E-state index contributed by atoms with van der Waals surface area (Å²) < 4.78 is 0. The molecule has 0 saturated heterocycles. The number of carboxylic acids is 2. The Kier molecular flexibility index (Phi) is 11.0. The van der Waals surface area contributed by atoms with Gasteiger partial charge in [0.1, 0.15) is 12.1 Å². The number of hydrogen-bond donors (Lipinski definition) is 9. The highest BCUT2D eigenvalue weighted by Crippen LogP contribution is 2.18. The highest BCUT2D eigenvalue weighted by Gasteiger charge is 2.27. The van der Waals surface area contributed by atoms with Crippen LogP contribution in [0.25, 0.3) is 10.9 Å². The number of nitrogens with one attached hydrogen (secondary N) is 4. The monoisotopic (exact) mass is 532 g/mol. The third kappa shape index (κ3) is 9.42. The Morgan fingerprint density at radius 1 is 1.00 bits per heavy atom. The van der Waals surface area contributed by atoms with Crippen molar-refractivity contribution >= 4 is 46.5 Å². The molecule has 3 amide bonds. The predicted molar refractivity (Wildman–Crippen MR) is 137 cm³/mol. The number of aromatic nitrogens is 1. The fourth-order valence-electron chi connectivity index (χ4n) is 3.59. The lowest BCUT2D eigenvalue weighted by Crippen LogP contribution is -2.54. The third-order valence-corrected chi connectivity index (χ3v) is 5.47. The highest BCUT2D eigenvalue weighted by atomic mass is 16.4. The number of aliphatic carboxylic acids is 2. The summed E-state index contributed by atoms with van der Waals surface area (Å²) in [6.07, 6.45) is 1.37. The summed E-state index contributed by atoms with van der Waals surface area (Å²) in [5, 5.41) is 26.1. The van der Waals surface area contributed by atoms with E-state index >= 15 is 0 Å². The molecule has 2 rings (SSSR count). The second-order valence-corrected chi connectivity index (χ2v) is 8.45. The van der Waals surface area contributed by atoms with Gasteiger partial charge < -0.3 is 48.3 Å². The predicted octanol–water partition coefficient (Wildman–Crippen LogP) is -2.26. The largest absolute Gasteiger partial charge is 0.481 e. The molecular formula is C23H32N8O7. The number of carbonyl (C=O) groups is 5. The van der Waals surface area contributed by atoms with E-state index in [1.54, 1.807) is 6.20 Å². The number of carbonyl (C=O) groups excluding carboxylic acids is 3. The molecule has 1 heterocycles. The van der Waals surface area contributed by atoms with Crippen LogP contribution >= 0.6 is 0 Å². The fraction of sp³-hybridized carbons (Fsp3) is 0.391. The lowest BCUT2D eigenvalue weighted by molar-refractivity contribution is -0.142. The molecule has 0 saturated carbocycles.